The van der Waals surface area contributed by atoms with Crippen LogP contribution < -0.4 is 5.32 Å². The van der Waals surface area contributed by atoms with Crippen LogP contribution in [-0.2, 0) is 4.79 Å². The first-order valence-corrected chi connectivity index (χ1v) is 13.1. The number of rotatable bonds is 8. The summed E-state index contributed by atoms with van der Waals surface area (Å²) in [5, 5.41) is 23.2. The summed E-state index contributed by atoms with van der Waals surface area (Å²) in [6.45, 7) is 3.32. The zero-order valence-corrected chi connectivity index (χ0v) is 20.1. The van der Waals surface area contributed by atoms with Crippen molar-refractivity contribution >= 4 is 21.8 Å². The maximum absolute atomic E-state index is 11.3. The van der Waals surface area contributed by atoms with Gasteiger partial charge in [-0.25, -0.2) is 0 Å². The molecule has 3 aliphatic carbocycles. The van der Waals surface area contributed by atoms with Crippen LogP contribution in [0.3, 0.4) is 0 Å². The topological polar surface area (TPSA) is 69.6 Å². The van der Waals surface area contributed by atoms with Crippen LogP contribution in [0.5, 0.6) is 0 Å². The molecule has 170 valence electrons. The van der Waals surface area contributed by atoms with Crippen LogP contribution in [0, 0.1) is 17.3 Å². The van der Waals surface area contributed by atoms with Crippen LogP contribution in [0.25, 0.3) is 0 Å². The van der Waals surface area contributed by atoms with Gasteiger partial charge < -0.3 is 15.5 Å². The lowest BCUT2D eigenvalue weighted by molar-refractivity contribution is -0.118. The van der Waals surface area contributed by atoms with Crippen LogP contribution in [0.2, 0.25) is 0 Å². The number of alkyl halides is 1. The van der Waals surface area contributed by atoms with E-state index in [0.29, 0.717) is 35.9 Å². The predicted octanol–water partition coefficient (Wildman–Crippen LogP) is 5.03. The van der Waals surface area contributed by atoms with E-state index in [0.717, 1.165) is 18.9 Å². The molecule has 3 rings (SSSR count). The molecule has 0 saturated heterocycles. The summed E-state index contributed by atoms with van der Waals surface area (Å²) >= 11 is 3.18. The molecule has 0 aliphatic heterocycles. The molecule has 5 heteroatoms. The summed E-state index contributed by atoms with van der Waals surface area (Å²) in [5.74, 6) is 1.59. The molecule has 0 radical (unpaired) electrons. The quantitative estimate of drug-likeness (QED) is 0.336. The molecule has 0 aromatic carbocycles. The molecule has 3 aliphatic rings. The number of unbranched alkanes of at least 4 members (excludes halogenated alkanes) is 2. The Kier molecular flexibility index (Phi) is 9.03. The average molecular weight is 483 g/mol. The number of halogens is 1. The van der Waals surface area contributed by atoms with E-state index >= 15 is 0 Å². The molecule has 1 amide bonds. The molecule has 3 N–H and O–H groups in total. The molecule has 0 aromatic rings. The number of amides is 1. The Hall–Kier alpha value is -0.650. The van der Waals surface area contributed by atoms with E-state index in [-0.39, 0.29) is 5.91 Å². The molecule has 0 unspecified atom stereocenters. The van der Waals surface area contributed by atoms with Crippen molar-refractivity contribution in [2.24, 2.45) is 17.3 Å². The van der Waals surface area contributed by atoms with Crippen LogP contribution in [-0.4, -0.2) is 40.2 Å². The number of hydrogen-bond acceptors (Lipinski definition) is 3. The second kappa shape index (κ2) is 11.3. The Morgan fingerprint density at radius 1 is 1.17 bits per heavy atom. The zero-order chi connectivity index (χ0) is 21.6. The fourth-order valence-electron chi connectivity index (χ4n) is 6.32. The third-order valence-corrected chi connectivity index (χ3v) is 8.42. The number of fused-ring (bicyclic) bond motifs is 1. The normalized spacial score (nSPS) is 35.3. The van der Waals surface area contributed by atoms with E-state index in [1.165, 1.54) is 56.9 Å². The van der Waals surface area contributed by atoms with E-state index in [1.807, 2.05) is 0 Å². The van der Waals surface area contributed by atoms with Gasteiger partial charge in [0.15, 0.2) is 0 Å². The van der Waals surface area contributed by atoms with Gasteiger partial charge in [-0.15, -0.1) is 0 Å². The van der Waals surface area contributed by atoms with Gasteiger partial charge in [-0.3, -0.25) is 4.79 Å². The maximum atomic E-state index is 11.3. The number of nitrogens with one attached hydrogen (secondary N) is 1. The molecule has 0 bridgehead atoms. The van der Waals surface area contributed by atoms with Crippen LogP contribution in [0.1, 0.15) is 84.0 Å². The van der Waals surface area contributed by atoms with Gasteiger partial charge in [-0.1, -0.05) is 59.0 Å². The minimum atomic E-state index is -0.390. The molecule has 0 spiro atoms. The van der Waals surface area contributed by atoms with Crippen molar-refractivity contribution in [3.05, 3.63) is 23.3 Å². The lowest BCUT2D eigenvalue weighted by atomic mass is 9.62. The Bertz CT molecular complexity index is 634. The lowest BCUT2D eigenvalue weighted by Gasteiger charge is -2.42. The second-order valence-corrected chi connectivity index (χ2v) is 10.6. The highest BCUT2D eigenvalue weighted by Gasteiger charge is 2.48. The third kappa shape index (κ3) is 6.20. The summed E-state index contributed by atoms with van der Waals surface area (Å²) in [4.78, 5) is 11.3. The Balaban J connectivity index is 1.51. The SMILES string of the molecule is C[C@]12CCC/C(=C\C=C3C[C@@H](O)C[C@H](O)C3)[C@@H]1CC[C@@H]2CCCCCNC(=O)CBr. The summed E-state index contributed by atoms with van der Waals surface area (Å²) < 4.78 is 0. The first kappa shape index (κ1) is 24.0. The van der Waals surface area contributed by atoms with Gasteiger partial charge in [0.1, 0.15) is 0 Å². The molecule has 3 saturated carbocycles. The van der Waals surface area contributed by atoms with Crippen molar-refractivity contribution in [1.29, 1.82) is 0 Å². The van der Waals surface area contributed by atoms with E-state index in [9.17, 15) is 15.0 Å². The van der Waals surface area contributed by atoms with Gasteiger partial charge in [0.25, 0.3) is 0 Å². The van der Waals surface area contributed by atoms with Gasteiger partial charge in [-0.05, 0) is 81.5 Å². The van der Waals surface area contributed by atoms with E-state index in [2.05, 4.69) is 40.3 Å². The standard InChI is InChI=1S/C25H40BrNO3/c1-25-12-5-6-19(9-8-18-14-21(28)16-22(29)15-18)23(25)11-10-20(25)7-3-2-4-13-27-24(30)17-26/h8-9,20-23,28-29H,2-7,10-17H2,1H3,(H,27,30)/b19-9+/t20-,21+,22+,23-,25+/m0/s1. The number of aliphatic hydroxyl groups is 2. The molecule has 0 aromatic heterocycles. The molecule has 4 nitrogen and oxygen atoms in total. The second-order valence-electron chi connectivity index (χ2n) is 10.0. The Labute approximate surface area is 190 Å². The smallest absolute Gasteiger partial charge is 0.230 e. The predicted molar refractivity (Wildman–Crippen MR) is 125 cm³/mol. The summed E-state index contributed by atoms with van der Waals surface area (Å²) in [5.41, 5.74) is 3.23. The number of aliphatic hydroxyl groups excluding tert-OH is 2. The van der Waals surface area contributed by atoms with Gasteiger partial charge >= 0.3 is 0 Å². The highest BCUT2D eigenvalue weighted by Crippen LogP contribution is 2.58. The van der Waals surface area contributed by atoms with E-state index in [1.54, 1.807) is 5.57 Å². The van der Waals surface area contributed by atoms with Crippen LogP contribution in [0.15, 0.2) is 23.3 Å². The number of carbonyl (C=O) groups is 1. The minimum absolute atomic E-state index is 0.0786. The monoisotopic (exact) mass is 481 g/mol. The summed E-state index contributed by atoms with van der Waals surface area (Å²) in [6, 6.07) is 0. The number of carbonyl (C=O) groups excluding carboxylic acids is 1. The van der Waals surface area contributed by atoms with E-state index < -0.39 is 12.2 Å². The van der Waals surface area contributed by atoms with Crippen molar-refractivity contribution in [2.75, 3.05) is 11.9 Å². The molecular formula is C25H40BrNO3. The number of allylic oxidation sites excluding steroid dienone is 3. The summed E-state index contributed by atoms with van der Waals surface area (Å²) in [7, 11) is 0. The average Bonchev–Trinajstić information content (AvgIpc) is 3.04. The first-order chi connectivity index (χ1) is 14.4. The van der Waals surface area contributed by atoms with Gasteiger partial charge in [0.05, 0.1) is 17.5 Å². The Morgan fingerprint density at radius 3 is 2.67 bits per heavy atom. The highest BCUT2D eigenvalue weighted by molar-refractivity contribution is 9.09. The van der Waals surface area contributed by atoms with E-state index in [4.69, 9.17) is 0 Å². The third-order valence-electron chi connectivity index (χ3n) is 7.91. The number of hydrogen-bond donors (Lipinski definition) is 3. The highest BCUT2D eigenvalue weighted by atomic mass is 79.9. The first-order valence-electron chi connectivity index (χ1n) is 12.0. The molecule has 5 atom stereocenters. The molecule has 0 heterocycles. The lowest BCUT2D eigenvalue weighted by Crippen LogP contribution is -2.33. The molecule has 3 fully saturated rings. The van der Waals surface area contributed by atoms with Gasteiger partial charge in [0.2, 0.25) is 5.91 Å². The van der Waals surface area contributed by atoms with Crippen molar-refractivity contribution in [3.8, 4) is 0 Å². The van der Waals surface area contributed by atoms with Crippen LogP contribution >= 0.6 is 15.9 Å². The Morgan fingerprint density at radius 2 is 1.93 bits per heavy atom. The van der Waals surface area contributed by atoms with Crippen molar-refractivity contribution in [2.45, 2.75) is 96.2 Å². The van der Waals surface area contributed by atoms with Crippen LogP contribution in [0.4, 0.5) is 0 Å². The fourth-order valence-corrected chi connectivity index (χ4v) is 6.52. The maximum Gasteiger partial charge on any atom is 0.230 e. The molecule has 30 heavy (non-hydrogen) atoms. The summed E-state index contributed by atoms with van der Waals surface area (Å²) in [6.07, 6.45) is 17.0. The van der Waals surface area contributed by atoms with Gasteiger partial charge in [-0.2, -0.15) is 0 Å². The van der Waals surface area contributed by atoms with Crippen molar-refractivity contribution < 1.29 is 15.0 Å². The largest absolute Gasteiger partial charge is 0.393 e. The minimum Gasteiger partial charge on any atom is -0.393 e. The van der Waals surface area contributed by atoms with Crippen molar-refractivity contribution in [1.82, 2.24) is 5.32 Å². The van der Waals surface area contributed by atoms with Crippen molar-refractivity contribution in [3.63, 3.8) is 0 Å². The van der Waals surface area contributed by atoms with Gasteiger partial charge in [0, 0.05) is 6.54 Å². The molecular weight excluding hydrogens is 442 g/mol. The fraction of sp³-hybridized carbons (Fsp3) is 0.800. The zero-order valence-electron chi connectivity index (χ0n) is 18.5.